The first-order valence-electron chi connectivity index (χ1n) is 5.78. The van der Waals surface area contributed by atoms with E-state index in [2.05, 4.69) is 4.74 Å². The van der Waals surface area contributed by atoms with Gasteiger partial charge in [-0.25, -0.2) is 9.59 Å². The molecule has 0 radical (unpaired) electrons. The first kappa shape index (κ1) is 15.6. The first-order valence-corrected chi connectivity index (χ1v) is 5.78. The number of carboxylic acids is 1. The van der Waals surface area contributed by atoms with Crippen LogP contribution < -0.4 is 0 Å². The number of aliphatic carboxylic acids is 1. The van der Waals surface area contributed by atoms with Gasteiger partial charge in [0.15, 0.2) is 6.10 Å². The Balaban J connectivity index is 3.57. The molecule has 0 aliphatic heterocycles. The van der Waals surface area contributed by atoms with Gasteiger partial charge in [-0.3, -0.25) is 0 Å². The maximum atomic E-state index is 11.1. The molecular formula is C12H20O5. The van der Waals surface area contributed by atoms with Crippen LogP contribution >= 0.6 is 0 Å². The van der Waals surface area contributed by atoms with E-state index in [0.29, 0.717) is 0 Å². The van der Waals surface area contributed by atoms with E-state index in [4.69, 9.17) is 10.2 Å². The summed E-state index contributed by atoms with van der Waals surface area (Å²) in [6, 6.07) is 0. The number of rotatable bonds is 9. The number of carboxylic acid groups (broad SMARTS) is 1. The molecule has 0 rings (SSSR count). The third-order valence-electron chi connectivity index (χ3n) is 2.17. The van der Waals surface area contributed by atoms with Crippen LogP contribution in [0.3, 0.4) is 0 Å². The molecule has 1 atom stereocenters. The van der Waals surface area contributed by atoms with Gasteiger partial charge in [0.25, 0.3) is 0 Å². The quantitative estimate of drug-likeness (QED) is 0.365. The Morgan fingerprint density at radius 2 is 1.88 bits per heavy atom. The summed E-state index contributed by atoms with van der Waals surface area (Å²) in [5, 5.41) is 17.0. The van der Waals surface area contributed by atoms with Gasteiger partial charge in [-0.2, -0.15) is 0 Å². The summed E-state index contributed by atoms with van der Waals surface area (Å²) in [5.41, 5.74) is 0. The Morgan fingerprint density at radius 1 is 1.24 bits per heavy atom. The van der Waals surface area contributed by atoms with E-state index < -0.39 is 18.0 Å². The smallest absolute Gasteiger partial charge is 0.344 e. The number of ether oxygens (including phenoxy) is 1. The predicted octanol–water partition coefficient (Wildman–Crippen LogP) is 1.50. The molecule has 1 unspecified atom stereocenters. The van der Waals surface area contributed by atoms with Gasteiger partial charge in [-0.15, -0.1) is 0 Å². The summed E-state index contributed by atoms with van der Waals surface area (Å²) in [6.07, 6.45) is 6.30. The van der Waals surface area contributed by atoms with Crippen LogP contribution in [0.25, 0.3) is 0 Å². The first-order chi connectivity index (χ1) is 8.07. The van der Waals surface area contributed by atoms with E-state index >= 15 is 0 Å². The average molecular weight is 244 g/mol. The normalized spacial score (nSPS) is 12.6. The van der Waals surface area contributed by atoms with Gasteiger partial charge in [-0.1, -0.05) is 18.9 Å². The van der Waals surface area contributed by atoms with E-state index in [1.54, 1.807) is 6.08 Å². The number of hydrogen-bond acceptors (Lipinski definition) is 4. The highest BCUT2D eigenvalue weighted by Gasteiger charge is 2.13. The molecule has 0 aromatic carbocycles. The molecule has 5 heteroatoms. The lowest BCUT2D eigenvalue weighted by atomic mass is 10.1. The van der Waals surface area contributed by atoms with Crippen molar-refractivity contribution in [1.29, 1.82) is 0 Å². The number of unbranched alkanes of at least 4 members (excludes halogenated alkanes) is 4. The fraction of sp³-hybridized carbons (Fsp3) is 0.667. The third-order valence-corrected chi connectivity index (χ3v) is 2.17. The van der Waals surface area contributed by atoms with Crippen LogP contribution in [0.1, 0.15) is 39.0 Å². The summed E-state index contributed by atoms with van der Waals surface area (Å²) in [7, 11) is 0. The maximum Gasteiger partial charge on any atom is 0.344 e. The number of allylic oxidation sites excluding steroid dienone is 1. The van der Waals surface area contributed by atoms with Gasteiger partial charge in [-0.05, 0) is 26.2 Å². The highest BCUT2D eigenvalue weighted by molar-refractivity contribution is 5.84. The summed E-state index contributed by atoms with van der Waals surface area (Å²) < 4.78 is 4.60. The van der Waals surface area contributed by atoms with Crippen molar-refractivity contribution in [3.8, 4) is 0 Å². The topological polar surface area (TPSA) is 83.8 Å². The average Bonchev–Trinajstić information content (AvgIpc) is 2.27. The molecule has 2 N–H and O–H groups in total. The molecule has 0 saturated heterocycles. The zero-order valence-electron chi connectivity index (χ0n) is 10.1. The van der Waals surface area contributed by atoms with Gasteiger partial charge >= 0.3 is 11.9 Å². The van der Waals surface area contributed by atoms with Gasteiger partial charge < -0.3 is 14.9 Å². The van der Waals surface area contributed by atoms with E-state index in [1.807, 2.05) is 0 Å². The van der Waals surface area contributed by atoms with Crippen molar-refractivity contribution in [3.05, 3.63) is 12.2 Å². The Hall–Kier alpha value is -1.36. The maximum absolute atomic E-state index is 11.1. The second-order valence-corrected chi connectivity index (χ2v) is 3.75. The fourth-order valence-corrected chi connectivity index (χ4v) is 1.17. The Bertz CT molecular complexity index is 260. The highest BCUT2D eigenvalue weighted by Crippen LogP contribution is 2.03. The van der Waals surface area contributed by atoms with Gasteiger partial charge in [0.2, 0.25) is 0 Å². The summed E-state index contributed by atoms with van der Waals surface area (Å²) >= 11 is 0. The number of hydrogen-bond donors (Lipinski definition) is 2. The van der Waals surface area contributed by atoms with Crippen molar-refractivity contribution in [2.24, 2.45) is 0 Å². The number of carbonyl (C=O) groups is 2. The second-order valence-electron chi connectivity index (χ2n) is 3.75. The fourth-order valence-electron chi connectivity index (χ4n) is 1.17. The summed E-state index contributed by atoms with van der Waals surface area (Å²) in [6.45, 7) is 1.53. The second kappa shape index (κ2) is 9.84. The standard InChI is InChI=1S/C12H20O5/c1-10(12(15)16)17-11(14)8-6-4-2-3-5-7-9-13/h6,8,10,13H,2-5,7,9H2,1H3,(H,15,16). The van der Waals surface area contributed by atoms with E-state index in [9.17, 15) is 9.59 Å². The number of carbonyl (C=O) groups excluding carboxylic acids is 1. The Morgan fingerprint density at radius 3 is 2.47 bits per heavy atom. The minimum Gasteiger partial charge on any atom is -0.479 e. The molecule has 0 amide bonds. The lowest BCUT2D eigenvalue weighted by molar-refractivity contribution is -0.159. The Kier molecular flexibility index (Phi) is 9.05. The lowest BCUT2D eigenvalue weighted by Crippen LogP contribution is -2.22. The van der Waals surface area contributed by atoms with Crippen molar-refractivity contribution in [3.63, 3.8) is 0 Å². The molecule has 17 heavy (non-hydrogen) atoms. The monoisotopic (exact) mass is 244 g/mol. The van der Waals surface area contributed by atoms with Crippen LogP contribution in [-0.4, -0.2) is 34.9 Å². The largest absolute Gasteiger partial charge is 0.479 e. The molecular weight excluding hydrogens is 224 g/mol. The molecule has 0 fully saturated rings. The molecule has 0 aliphatic carbocycles. The van der Waals surface area contributed by atoms with Crippen molar-refractivity contribution < 1.29 is 24.5 Å². The van der Waals surface area contributed by atoms with Crippen molar-refractivity contribution in [2.45, 2.75) is 45.1 Å². The molecule has 0 heterocycles. The molecule has 0 aromatic rings. The number of aliphatic hydroxyl groups excluding tert-OH is 1. The van der Waals surface area contributed by atoms with Crippen molar-refractivity contribution >= 4 is 11.9 Å². The highest BCUT2D eigenvalue weighted by atomic mass is 16.6. The minimum atomic E-state index is -1.16. The minimum absolute atomic E-state index is 0.218. The number of aliphatic hydroxyl groups is 1. The van der Waals surface area contributed by atoms with Gasteiger partial charge in [0.1, 0.15) is 0 Å². The van der Waals surface area contributed by atoms with Crippen molar-refractivity contribution in [1.82, 2.24) is 0 Å². The molecule has 0 saturated carbocycles. The van der Waals surface area contributed by atoms with Crippen LogP contribution in [-0.2, 0) is 14.3 Å². The van der Waals surface area contributed by atoms with Crippen LogP contribution in [0.5, 0.6) is 0 Å². The molecule has 0 aromatic heterocycles. The SMILES string of the molecule is CC(OC(=O)C=CCCCCCCO)C(=O)O. The molecule has 0 spiro atoms. The van der Waals surface area contributed by atoms with Crippen LogP contribution in [0, 0.1) is 0 Å². The van der Waals surface area contributed by atoms with Crippen LogP contribution in [0.2, 0.25) is 0 Å². The number of esters is 1. The van der Waals surface area contributed by atoms with Crippen LogP contribution in [0.4, 0.5) is 0 Å². The van der Waals surface area contributed by atoms with Gasteiger partial charge in [0.05, 0.1) is 0 Å². The van der Waals surface area contributed by atoms with Crippen molar-refractivity contribution in [2.75, 3.05) is 6.61 Å². The van der Waals surface area contributed by atoms with E-state index in [0.717, 1.165) is 32.1 Å². The third kappa shape index (κ3) is 9.56. The van der Waals surface area contributed by atoms with E-state index in [1.165, 1.54) is 13.0 Å². The zero-order chi connectivity index (χ0) is 13.1. The summed E-state index contributed by atoms with van der Waals surface area (Å²) in [5.74, 6) is -1.79. The van der Waals surface area contributed by atoms with Crippen LogP contribution in [0.15, 0.2) is 12.2 Å². The molecule has 98 valence electrons. The van der Waals surface area contributed by atoms with E-state index in [-0.39, 0.29) is 6.61 Å². The predicted molar refractivity (Wildman–Crippen MR) is 62.5 cm³/mol. The molecule has 0 aliphatic rings. The van der Waals surface area contributed by atoms with Gasteiger partial charge in [0, 0.05) is 12.7 Å². The lowest BCUT2D eigenvalue weighted by Gasteiger charge is -2.05. The summed E-state index contributed by atoms with van der Waals surface area (Å²) in [4.78, 5) is 21.5. The zero-order valence-corrected chi connectivity index (χ0v) is 10.1. The molecule has 5 nitrogen and oxygen atoms in total. The molecule has 0 bridgehead atoms. The Labute approximate surface area is 101 Å².